The SMILES string of the molecule is O=C(c1ccc(OCC2CC2)nc1)N1CCN(C2CCCC2)CC1. The van der Waals surface area contributed by atoms with Gasteiger partial charge in [-0.25, -0.2) is 4.98 Å². The smallest absolute Gasteiger partial charge is 0.255 e. The van der Waals surface area contributed by atoms with Gasteiger partial charge in [0.2, 0.25) is 5.88 Å². The van der Waals surface area contributed by atoms with Crippen LogP contribution in [0.2, 0.25) is 0 Å². The normalized spacial score (nSPS) is 22.8. The topological polar surface area (TPSA) is 45.7 Å². The number of ether oxygens (including phenoxy) is 1. The van der Waals surface area contributed by atoms with E-state index in [2.05, 4.69) is 9.88 Å². The molecule has 3 fully saturated rings. The molecule has 1 saturated heterocycles. The van der Waals surface area contributed by atoms with Crippen molar-refractivity contribution in [3.05, 3.63) is 23.9 Å². The second-order valence-electron chi connectivity index (χ2n) is 7.41. The van der Waals surface area contributed by atoms with Gasteiger partial charge in [0.1, 0.15) is 0 Å². The molecule has 0 N–H and O–H groups in total. The number of carbonyl (C=O) groups excluding carboxylic acids is 1. The lowest BCUT2D eigenvalue weighted by atomic mass is 10.1. The van der Waals surface area contributed by atoms with E-state index >= 15 is 0 Å². The zero-order valence-electron chi connectivity index (χ0n) is 14.3. The van der Waals surface area contributed by atoms with Crippen molar-refractivity contribution in [1.82, 2.24) is 14.8 Å². The van der Waals surface area contributed by atoms with Gasteiger partial charge in [0.15, 0.2) is 0 Å². The van der Waals surface area contributed by atoms with Gasteiger partial charge in [-0.2, -0.15) is 0 Å². The van der Waals surface area contributed by atoms with E-state index in [1.807, 2.05) is 17.0 Å². The number of aromatic nitrogens is 1. The summed E-state index contributed by atoms with van der Waals surface area (Å²) in [7, 11) is 0. The molecule has 3 aliphatic rings. The molecule has 1 aliphatic heterocycles. The predicted molar refractivity (Wildman–Crippen MR) is 92.2 cm³/mol. The summed E-state index contributed by atoms with van der Waals surface area (Å²) in [5.74, 6) is 1.44. The minimum absolute atomic E-state index is 0.0994. The molecule has 5 nitrogen and oxygen atoms in total. The third-order valence-corrected chi connectivity index (χ3v) is 5.59. The van der Waals surface area contributed by atoms with Crippen molar-refractivity contribution in [2.75, 3.05) is 32.8 Å². The Kier molecular flexibility index (Phi) is 4.69. The van der Waals surface area contributed by atoms with Crippen LogP contribution >= 0.6 is 0 Å². The zero-order valence-corrected chi connectivity index (χ0v) is 14.3. The molecule has 0 unspecified atom stereocenters. The standard InChI is InChI=1S/C19H27N3O2/c23-19(16-7-8-18(20-13-16)24-14-15-5-6-15)22-11-9-21(10-12-22)17-3-1-2-4-17/h7-8,13,15,17H,1-6,9-12,14H2. The molecule has 5 heteroatoms. The Bertz CT molecular complexity index is 556. The van der Waals surface area contributed by atoms with Crippen molar-refractivity contribution < 1.29 is 9.53 Å². The van der Waals surface area contributed by atoms with Gasteiger partial charge < -0.3 is 9.64 Å². The average molecular weight is 329 g/mol. The number of pyridine rings is 1. The summed E-state index contributed by atoms with van der Waals surface area (Å²) < 4.78 is 5.64. The minimum atomic E-state index is 0.0994. The van der Waals surface area contributed by atoms with E-state index in [0.717, 1.165) is 38.8 Å². The lowest BCUT2D eigenvalue weighted by Gasteiger charge is -2.38. The molecule has 130 valence electrons. The highest BCUT2D eigenvalue weighted by atomic mass is 16.5. The summed E-state index contributed by atoms with van der Waals surface area (Å²) >= 11 is 0. The molecule has 1 aromatic heterocycles. The zero-order chi connectivity index (χ0) is 16.4. The van der Waals surface area contributed by atoms with Crippen molar-refractivity contribution in [1.29, 1.82) is 0 Å². The first-order valence-electron chi connectivity index (χ1n) is 9.42. The maximum absolute atomic E-state index is 12.6. The molecule has 0 spiro atoms. The predicted octanol–water partition coefficient (Wildman–Crippen LogP) is 2.57. The molecule has 1 amide bonds. The molecule has 2 saturated carbocycles. The monoisotopic (exact) mass is 329 g/mol. The second-order valence-corrected chi connectivity index (χ2v) is 7.41. The number of carbonyl (C=O) groups is 1. The number of piperazine rings is 1. The van der Waals surface area contributed by atoms with Crippen molar-refractivity contribution >= 4 is 5.91 Å². The summed E-state index contributed by atoms with van der Waals surface area (Å²) in [4.78, 5) is 21.5. The van der Waals surface area contributed by atoms with E-state index in [-0.39, 0.29) is 5.91 Å². The van der Waals surface area contributed by atoms with E-state index in [0.29, 0.717) is 17.4 Å². The first-order valence-corrected chi connectivity index (χ1v) is 9.42. The number of rotatable bonds is 5. The molecule has 0 aromatic carbocycles. The number of nitrogens with zero attached hydrogens (tertiary/aromatic N) is 3. The first-order chi connectivity index (χ1) is 11.8. The minimum Gasteiger partial charge on any atom is -0.477 e. The Morgan fingerprint density at radius 2 is 1.83 bits per heavy atom. The van der Waals surface area contributed by atoms with E-state index < -0.39 is 0 Å². The lowest BCUT2D eigenvalue weighted by molar-refractivity contribution is 0.0573. The fourth-order valence-electron chi connectivity index (χ4n) is 3.82. The fraction of sp³-hybridized carbons (Fsp3) is 0.684. The molecule has 24 heavy (non-hydrogen) atoms. The van der Waals surface area contributed by atoms with Crippen LogP contribution in [0.25, 0.3) is 0 Å². The molecule has 2 aliphatic carbocycles. The lowest BCUT2D eigenvalue weighted by Crippen LogP contribution is -2.51. The molecule has 1 aromatic rings. The Balaban J connectivity index is 1.28. The number of hydrogen-bond donors (Lipinski definition) is 0. The van der Waals surface area contributed by atoms with Gasteiger partial charge in [0, 0.05) is 44.5 Å². The van der Waals surface area contributed by atoms with E-state index in [1.165, 1.54) is 38.5 Å². The largest absolute Gasteiger partial charge is 0.477 e. The third kappa shape index (κ3) is 3.72. The molecular weight excluding hydrogens is 302 g/mol. The highest BCUT2D eigenvalue weighted by Crippen LogP contribution is 2.29. The Labute approximate surface area is 144 Å². The maximum Gasteiger partial charge on any atom is 0.255 e. The summed E-state index contributed by atoms with van der Waals surface area (Å²) in [6, 6.07) is 4.43. The highest BCUT2D eigenvalue weighted by molar-refractivity contribution is 5.94. The molecule has 4 rings (SSSR count). The van der Waals surface area contributed by atoms with E-state index in [1.54, 1.807) is 6.20 Å². The van der Waals surface area contributed by atoms with Gasteiger partial charge >= 0.3 is 0 Å². The average Bonchev–Trinajstić information content (AvgIpc) is 3.31. The Morgan fingerprint density at radius 3 is 2.46 bits per heavy atom. The van der Waals surface area contributed by atoms with Crippen LogP contribution in [-0.4, -0.2) is 59.5 Å². The molecule has 0 radical (unpaired) electrons. The number of amides is 1. The van der Waals surface area contributed by atoms with Crippen LogP contribution in [0.3, 0.4) is 0 Å². The van der Waals surface area contributed by atoms with Gasteiger partial charge in [-0.05, 0) is 37.7 Å². The van der Waals surface area contributed by atoms with Gasteiger partial charge in [-0.15, -0.1) is 0 Å². The molecule has 0 atom stereocenters. The van der Waals surface area contributed by atoms with Gasteiger partial charge in [0.05, 0.1) is 12.2 Å². The van der Waals surface area contributed by atoms with E-state index in [4.69, 9.17) is 4.74 Å². The van der Waals surface area contributed by atoms with Crippen LogP contribution in [-0.2, 0) is 0 Å². The van der Waals surface area contributed by atoms with Crippen molar-refractivity contribution in [3.8, 4) is 5.88 Å². The first kappa shape index (κ1) is 15.9. The molecular formula is C19H27N3O2. The summed E-state index contributed by atoms with van der Waals surface area (Å²) in [5.41, 5.74) is 0.670. The van der Waals surface area contributed by atoms with Gasteiger partial charge in [-0.1, -0.05) is 12.8 Å². The number of hydrogen-bond acceptors (Lipinski definition) is 4. The van der Waals surface area contributed by atoms with Crippen molar-refractivity contribution in [3.63, 3.8) is 0 Å². The Hall–Kier alpha value is -1.62. The van der Waals surface area contributed by atoms with Gasteiger partial charge in [0.25, 0.3) is 5.91 Å². The van der Waals surface area contributed by atoms with Crippen LogP contribution in [0.5, 0.6) is 5.88 Å². The Morgan fingerprint density at radius 1 is 1.08 bits per heavy atom. The fourth-order valence-corrected chi connectivity index (χ4v) is 3.82. The molecule has 0 bridgehead atoms. The van der Waals surface area contributed by atoms with Crippen LogP contribution in [0.4, 0.5) is 0 Å². The van der Waals surface area contributed by atoms with Crippen LogP contribution < -0.4 is 4.74 Å². The third-order valence-electron chi connectivity index (χ3n) is 5.59. The van der Waals surface area contributed by atoms with Gasteiger partial charge in [-0.3, -0.25) is 9.69 Å². The van der Waals surface area contributed by atoms with E-state index in [9.17, 15) is 4.79 Å². The summed E-state index contributed by atoms with van der Waals surface area (Å²) in [5, 5.41) is 0. The summed E-state index contributed by atoms with van der Waals surface area (Å²) in [6.07, 6.45) is 9.59. The van der Waals surface area contributed by atoms with Crippen molar-refractivity contribution in [2.45, 2.75) is 44.6 Å². The second kappa shape index (κ2) is 7.09. The maximum atomic E-state index is 12.6. The quantitative estimate of drug-likeness (QED) is 0.833. The van der Waals surface area contributed by atoms with Crippen LogP contribution in [0.15, 0.2) is 18.3 Å². The van der Waals surface area contributed by atoms with Crippen molar-refractivity contribution in [2.24, 2.45) is 5.92 Å². The van der Waals surface area contributed by atoms with Crippen LogP contribution in [0.1, 0.15) is 48.9 Å². The highest BCUT2D eigenvalue weighted by Gasteiger charge is 2.28. The summed E-state index contributed by atoms with van der Waals surface area (Å²) in [6.45, 7) is 4.42. The molecule has 2 heterocycles. The van der Waals surface area contributed by atoms with Crippen LogP contribution in [0, 0.1) is 5.92 Å².